The van der Waals surface area contributed by atoms with Crippen molar-refractivity contribution in [2.24, 2.45) is 5.92 Å². The summed E-state index contributed by atoms with van der Waals surface area (Å²) >= 11 is 2.73. The lowest BCUT2D eigenvalue weighted by molar-refractivity contribution is 0.0217. The molecule has 5 rings (SSSR count). The van der Waals surface area contributed by atoms with Gasteiger partial charge in [0.05, 0.1) is 0 Å². The van der Waals surface area contributed by atoms with E-state index in [1.807, 2.05) is 24.3 Å². The van der Waals surface area contributed by atoms with Gasteiger partial charge in [0.1, 0.15) is 0 Å². The zero-order valence-corrected chi connectivity index (χ0v) is 17.0. The molecule has 1 aromatic carbocycles. The van der Waals surface area contributed by atoms with Crippen LogP contribution in [0.1, 0.15) is 46.8 Å². The van der Waals surface area contributed by atoms with E-state index >= 15 is 0 Å². The lowest BCUT2D eigenvalue weighted by Crippen LogP contribution is -2.62. The van der Waals surface area contributed by atoms with Crippen LogP contribution >= 0.6 is 23.1 Å². The summed E-state index contributed by atoms with van der Waals surface area (Å²) in [6, 6.07) is 8.15. The fourth-order valence-electron chi connectivity index (χ4n) is 3.95. The fraction of sp³-hybridized carbons (Fsp3) is 0.474. The van der Waals surface area contributed by atoms with Gasteiger partial charge < -0.3 is 5.32 Å². The van der Waals surface area contributed by atoms with Crippen LogP contribution < -0.4 is 5.32 Å². The van der Waals surface area contributed by atoms with E-state index in [0.717, 1.165) is 22.3 Å². The zero-order valence-electron chi connectivity index (χ0n) is 15.3. The van der Waals surface area contributed by atoms with Gasteiger partial charge in [-0.2, -0.15) is 0 Å². The number of hydrogen-bond donors (Lipinski definition) is 1. The van der Waals surface area contributed by atoms with Crippen LogP contribution in [0.25, 0.3) is 0 Å². The van der Waals surface area contributed by atoms with Crippen LogP contribution in [0.5, 0.6) is 0 Å². The van der Waals surface area contributed by atoms with Gasteiger partial charge in [0.2, 0.25) is 0 Å². The van der Waals surface area contributed by atoms with Crippen LogP contribution in [0, 0.1) is 5.92 Å². The van der Waals surface area contributed by atoms with Gasteiger partial charge in [-0.15, -0.1) is 10.2 Å². The molecular formula is C19H22N4O2S2. The molecule has 0 saturated carbocycles. The Labute approximate surface area is 166 Å². The number of amides is 1. The number of hydrogen-bond acceptors (Lipinski definition) is 7. The quantitative estimate of drug-likeness (QED) is 0.775. The predicted molar refractivity (Wildman–Crippen MR) is 105 cm³/mol. The molecule has 3 fully saturated rings. The fourth-order valence-corrected chi connectivity index (χ4v) is 5.67. The van der Waals surface area contributed by atoms with Gasteiger partial charge in [0.25, 0.3) is 5.91 Å². The maximum Gasteiger partial charge on any atom is 0.251 e. The Bertz CT molecular complexity index is 842. The van der Waals surface area contributed by atoms with Gasteiger partial charge >= 0.3 is 0 Å². The van der Waals surface area contributed by atoms with E-state index in [9.17, 15) is 9.59 Å². The molecule has 142 valence electrons. The minimum absolute atomic E-state index is 0.00747. The molecule has 2 unspecified atom stereocenters. The van der Waals surface area contributed by atoms with E-state index in [-0.39, 0.29) is 17.7 Å². The minimum Gasteiger partial charge on any atom is -0.347 e. The molecule has 6 nitrogen and oxygen atoms in total. The number of rotatable bonds is 5. The Morgan fingerprint density at radius 3 is 2.48 bits per heavy atom. The molecule has 1 aromatic heterocycles. The minimum atomic E-state index is -0.0756. The van der Waals surface area contributed by atoms with Crippen molar-refractivity contribution in [2.75, 3.05) is 13.1 Å². The first-order chi connectivity index (χ1) is 13.0. The Kier molecular flexibility index (Phi) is 5.29. The van der Waals surface area contributed by atoms with Gasteiger partial charge in [-0.1, -0.05) is 23.1 Å². The highest BCUT2D eigenvalue weighted by Crippen LogP contribution is 2.33. The van der Waals surface area contributed by atoms with Crippen molar-refractivity contribution in [3.8, 4) is 0 Å². The van der Waals surface area contributed by atoms with Crippen LogP contribution in [-0.4, -0.2) is 52.0 Å². The maximum absolute atomic E-state index is 12.7. The highest BCUT2D eigenvalue weighted by Gasteiger charge is 2.40. The van der Waals surface area contributed by atoms with Crippen molar-refractivity contribution < 1.29 is 9.59 Å². The third-order valence-corrected chi connectivity index (χ3v) is 7.59. The molecular weight excluding hydrogens is 380 g/mol. The predicted octanol–water partition coefficient (Wildman–Crippen LogP) is 3.10. The highest BCUT2D eigenvalue weighted by molar-refractivity contribution is 8.01. The van der Waals surface area contributed by atoms with Crippen LogP contribution in [-0.2, 0) is 0 Å². The van der Waals surface area contributed by atoms with Crippen LogP contribution in [0.3, 0.4) is 0 Å². The summed E-state index contributed by atoms with van der Waals surface area (Å²) in [5.74, 6) is 0.511. The van der Waals surface area contributed by atoms with Crippen molar-refractivity contribution in [3.63, 3.8) is 0 Å². The molecule has 2 atom stereocenters. The molecule has 4 heterocycles. The number of nitrogens with one attached hydrogen (secondary N) is 1. The van der Waals surface area contributed by atoms with Gasteiger partial charge in [-0.3, -0.25) is 14.5 Å². The number of carbonyl (C=O) groups excluding carboxylic acids is 2. The summed E-state index contributed by atoms with van der Waals surface area (Å²) in [6.07, 6.45) is 2.35. The van der Waals surface area contributed by atoms with Gasteiger partial charge in [-0.05, 0) is 63.0 Å². The lowest BCUT2D eigenvalue weighted by Gasteiger charge is -2.49. The smallest absolute Gasteiger partial charge is 0.251 e. The van der Waals surface area contributed by atoms with E-state index < -0.39 is 0 Å². The van der Waals surface area contributed by atoms with Crippen LogP contribution in [0.4, 0.5) is 0 Å². The summed E-state index contributed by atoms with van der Waals surface area (Å²) < 4.78 is 0.721. The van der Waals surface area contributed by atoms with Crippen molar-refractivity contribution in [3.05, 3.63) is 34.8 Å². The first-order valence-electron chi connectivity index (χ1n) is 9.18. The standard InChI is InChI=1S/C19H22N4O2S2/c1-11-16(13-7-9-23(11)10-8-13)20-17(25)14-3-5-15(6-4-14)26-19-22-21-18(27-19)12(2)24/h3-6,11,13,16H,7-10H2,1-2H3,(H,20,25). The monoisotopic (exact) mass is 402 g/mol. The SMILES string of the molecule is CC(=O)c1nnc(Sc2ccc(C(=O)NC3C4CCN(CC4)C3C)cc2)s1. The highest BCUT2D eigenvalue weighted by atomic mass is 32.2. The number of ketones is 1. The molecule has 0 aliphatic carbocycles. The molecule has 2 aromatic rings. The molecule has 0 radical (unpaired) electrons. The molecule has 1 amide bonds. The van der Waals surface area contributed by atoms with E-state index in [1.54, 1.807) is 0 Å². The molecule has 0 spiro atoms. The number of Topliss-reactive ketones (excluding diaryl/α,β-unsaturated/α-hetero) is 1. The van der Waals surface area contributed by atoms with Crippen LogP contribution in [0.2, 0.25) is 0 Å². The number of fused-ring (bicyclic) bond motifs is 3. The zero-order chi connectivity index (χ0) is 19.0. The second-order valence-electron chi connectivity index (χ2n) is 7.17. The normalized spacial score (nSPS) is 26.7. The summed E-state index contributed by atoms with van der Waals surface area (Å²) in [4.78, 5) is 27.4. The summed E-state index contributed by atoms with van der Waals surface area (Å²) in [5.41, 5.74) is 0.671. The van der Waals surface area contributed by atoms with Crippen LogP contribution in [0.15, 0.2) is 33.5 Å². The molecule has 27 heavy (non-hydrogen) atoms. The Morgan fingerprint density at radius 2 is 1.89 bits per heavy atom. The topological polar surface area (TPSA) is 75.2 Å². The van der Waals surface area contributed by atoms with E-state index in [2.05, 4.69) is 27.3 Å². The van der Waals surface area contributed by atoms with Crippen molar-refractivity contribution in [2.45, 2.75) is 48.0 Å². The number of piperidine rings is 3. The van der Waals surface area contributed by atoms with Gasteiger partial charge in [0.15, 0.2) is 15.1 Å². The number of carbonyl (C=O) groups is 2. The summed E-state index contributed by atoms with van der Waals surface area (Å²) in [5, 5.41) is 11.6. The van der Waals surface area contributed by atoms with E-state index in [0.29, 0.717) is 22.5 Å². The number of aromatic nitrogens is 2. The van der Waals surface area contributed by atoms with Gasteiger partial charge in [0, 0.05) is 29.5 Å². The van der Waals surface area contributed by atoms with Crippen molar-refractivity contribution >= 4 is 34.8 Å². The Hall–Kier alpha value is -1.77. The third-order valence-electron chi connectivity index (χ3n) is 5.50. The summed E-state index contributed by atoms with van der Waals surface area (Å²) in [7, 11) is 0. The van der Waals surface area contributed by atoms with Gasteiger partial charge in [-0.25, -0.2) is 0 Å². The number of benzene rings is 1. The molecule has 3 saturated heterocycles. The van der Waals surface area contributed by atoms with Crippen molar-refractivity contribution in [1.29, 1.82) is 0 Å². The second-order valence-corrected chi connectivity index (χ2v) is 9.47. The van der Waals surface area contributed by atoms with Crippen molar-refractivity contribution in [1.82, 2.24) is 20.4 Å². The average Bonchev–Trinajstić information content (AvgIpc) is 3.14. The molecule has 8 heteroatoms. The number of nitrogens with zero attached hydrogens (tertiary/aromatic N) is 3. The Morgan fingerprint density at radius 1 is 1.19 bits per heavy atom. The van der Waals surface area contributed by atoms with E-state index in [4.69, 9.17) is 0 Å². The lowest BCUT2D eigenvalue weighted by atomic mass is 9.79. The summed E-state index contributed by atoms with van der Waals surface area (Å²) in [6.45, 7) is 6.01. The second kappa shape index (κ2) is 7.69. The first kappa shape index (κ1) is 18.6. The average molecular weight is 403 g/mol. The molecule has 1 N–H and O–H groups in total. The largest absolute Gasteiger partial charge is 0.347 e. The molecule has 2 bridgehead atoms. The molecule has 3 aliphatic heterocycles. The molecule has 3 aliphatic rings. The Balaban J connectivity index is 1.39. The maximum atomic E-state index is 12.7. The third kappa shape index (κ3) is 3.93. The van der Waals surface area contributed by atoms with E-state index in [1.165, 1.54) is 42.9 Å². The first-order valence-corrected chi connectivity index (χ1v) is 10.8.